The highest BCUT2D eigenvalue weighted by atomic mass is 19.1. The van der Waals surface area contributed by atoms with Crippen molar-refractivity contribution in [1.29, 1.82) is 0 Å². The molecule has 2 aromatic heterocycles. The van der Waals surface area contributed by atoms with E-state index >= 15 is 0 Å². The Balaban J connectivity index is 1.51. The van der Waals surface area contributed by atoms with E-state index in [9.17, 15) is 9.18 Å². The number of nitrogens with zero attached hydrogens (tertiary/aromatic N) is 6. The van der Waals surface area contributed by atoms with Gasteiger partial charge in [-0.15, -0.1) is 5.10 Å². The first-order chi connectivity index (χ1) is 14.4. The highest BCUT2D eigenvalue weighted by Crippen LogP contribution is 2.21. The van der Waals surface area contributed by atoms with Crippen molar-refractivity contribution in [2.75, 3.05) is 0 Å². The van der Waals surface area contributed by atoms with Gasteiger partial charge >= 0.3 is 0 Å². The molecule has 1 amide bonds. The van der Waals surface area contributed by atoms with Crippen LogP contribution in [0.2, 0.25) is 0 Å². The summed E-state index contributed by atoms with van der Waals surface area (Å²) in [6.07, 6.45) is 3.22. The zero-order valence-corrected chi connectivity index (χ0v) is 16.7. The molecule has 1 N–H and O–H groups in total. The Hall–Kier alpha value is -3.88. The highest BCUT2D eigenvalue weighted by molar-refractivity contribution is 5.95. The van der Waals surface area contributed by atoms with E-state index in [1.807, 2.05) is 26.8 Å². The summed E-state index contributed by atoms with van der Waals surface area (Å²) in [5.74, 6) is -0.492. The first kappa shape index (κ1) is 19.4. The van der Waals surface area contributed by atoms with Crippen molar-refractivity contribution in [2.24, 2.45) is 0 Å². The zero-order chi connectivity index (χ0) is 21.3. The molecule has 152 valence electrons. The Morgan fingerprint density at radius 1 is 1.13 bits per heavy atom. The van der Waals surface area contributed by atoms with E-state index in [4.69, 9.17) is 0 Å². The largest absolute Gasteiger partial charge is 0.345 e. The maximum Gasteiger partial charge on any atom is 0.251 e. The molecule has 1 atom stereocenters. The number of aryl methyl sites for hydroxylation is 1. The summed E-state index contributed by atoms with van der Waals surface area (Å²) in [7, 11) is 0. The second-order valence-electron chi connectivity index (χ2n) is 7.02. The number of halogens is 1. The van der Waals surface area contributed by atoms with Crippen LogP contribution in [0.1, 0.15) is 40.1 Å². The number of tetrazole rings is 1. The van der Waals surface area contributed by atoms with Crippen LogP contribution in [0.5, 0.6) is 0 Å². The maximum absolute atomic E-state index is 13.2. The standard InChI is InChI=1S/C21H20FN7O/c1-13-10-16(4-9-20(13)28-12-23-26-27-28)21(30)25-14(2)19-11-24-29(15(19)3)18-7-5-17(22)6-8-18/h4-12,14H,1-3H3,(H,25,30). The molecule has 0 aliphatic rings. The maximum atomic E-state index is 13.2. The van der Waals surface area contributed by atoms with Gasteiger partial charge in [-0.25, -0.2) is 13.8 Å². The van der Waals surface area contributed by atoms with Gasteiger partial charge < -0.3 is 5.32 Å². The predicted molar refractivity (Wildman–Crippen MR) is 108 cm³/mol. The summed E-state index contributed by atoms with van der Waals surface area (Å²) < 4.78 is 16.5. The third-order valence-corrected chi connectivity index (χ3v) is 4.99. The fourth-order valence-electron chi connectivity index (χ4n) is 3.37. The van der Waals surface area contributed by atoms with Crippen LogP contribution in [0.4, 0.5) is 4.39 Å². The van der Waals surface area contributed by atoms with Gasteiger partial charge in [-0.2, -0.15) is 5.10 Å². The van der Waals surface area contributed by atoms with Crippen molar-refractivity contribution in [1.82, 2.24) is 35.3 Å². The van der Waals surface area contributed by atoms with Crippen LogP contribution in [0.15, 0.2) is 55.0 Å². The quantitative estimate of drug-likeness (QED) is 0.551. The molecule has 0 spiro atoms. The lowest BCUT2D eigenvalue weighted by atomic mass is 10.1. The van der Waals surface area contributed by atoms with Crippen molar-refractivity contribution >= 4 is 5.91 Å². The lowest BCUT2D eigenvalue weighted by molar-refractivity contribution is 0.0939. The predicted octanol–water partition coefficient (Wildman–Crippen LogP) is 3.09. The van der Waals surface area contributed by atoms with Gasteiger partial charge in [0.2, 0.25) is 0 Å². The van der Waals surface area contributed by atoms with Crippen molar-refractivity contribution in [3.63, 3.8) is 0 Å². The minimum Gasteiger partial charge on any atom is -0.345 e. The van der Waals surface area contributed by atoms with Crippen molar-refractivity contribution in [3.05, 3.63) is 83.2 Å². The normalized spacial score (nSPS) is 12.0. The molecule has 0 bridgehead atoms. The van der Waals surface area contributed by atoms with Crippen molar-refractivity contribution in [2.45, 2.75) is 26.8 Å². The minimum atomic E-state index is -0.300. The number of carbonyl (C=O) groups is 1. The van der Waals surface area contributed by atoms with Crippen LogP contribution in [0, 0.1) is 19.7 Å². The SMILES string of the molecule is Cc1cc(C(=O)NC(C)c2cnn(-c3ccc(F)cc3)c2C)ccc1-n1cnnn1. The molecule has 30 heavy (non-hydrogen) atoms. The molecule has 0 saturated carbocycles. The molecule has 9 heteroatoms. The number of carbonyl (C=O) groups excluding carboxylic acids is 1. The number of rotatable bonds is 5. The third-order valence-electron chi connectivity index (χ3n) is 4.99. The molecule has 4 aromatic rings. The van der Waals surface area contributed by atoms with Crippen LogP contribution < -0.4 is 5.32 Å². The Labute approximate surface area is 172 Å². The summed E-state index contributed by atoms with van der Waals surface area (Å²) in [4.78, 5) is 12.8. The van der Waals surface area contributed by atoms with Gasteiger partial charge in [0.05, 0.1) is 23.6 Å². The van der Waals surface area contributed by atoms with E-state index in [1.54, 1.807) is 39.8 Å². The van der Waals surface area contributed by atoms with Gasteiger partial charge in [0.15, 0.2) is 0 Å². The molecule has 0 saturated heterocycles. The molecular formula is C21H20FN7O. The Kier molecular flexibility index (Phi) is 5.09. The minimum absolute atomic E-state index is 0.192. The molecule has 0 aliphatic carbocycles. The number of amides is 1. The second-order valence-corrected chi connectivity index (χ2v) is 7.02. The van der Waals surface area contributed by atoms with Gasteiger partial charge in [-0.1, -0.05) is 0 Å². The number of hydrogen-bond donors (Lipinski definition) is 1. The number of nitrogens with one attached hydrogen (secondary N) is 1. The fraction of sp³-hybridized carbons (Fsp3) is 0.190. The summed E-state index contributed by atoms with van der Waals surface area (Å²) in [6.45, 7) is 5.72. The third kappa shape index (κ3) is 3.69. The topological polar surface area (TPSA) is 90.5 Å². The molecule has 8 nitrogen and oxygen atoms in total. The van der Waals surface area contributed by atoms with Crippen LogP contribution in [0.25, 0.3) is 11.4 Å². The van der Waals surface area contributed by atoms with Crippen LogP contribution >= 0.6 is 0 Å². The highest BCUT2D eigenvalue weighted by Gasteiger charge is 2.18. The fourth-order valence-corrected chi connectivity index (χ4v) is 3.37. The summed E-state index contributed by atoms with van der Waals surface area (Å²) in [5, 5.41) is 18.5. The molecule has 2 aromatic carbocycles. The number of hydrogen-bond acceptors (Lipinski definition) is 5. The number of aromatic nitrogens is 6. The lowest BCUT2D eigenvalue weighted by Crippen LogP contribution is -2.27. The average Bonchev–Trinajstić information content (AvgIpc) is 3.38. The van der Waals surface area contributed by atoms with Gasteiger partial charge in [0.25, 0.3) is 5.91 Å². The van der Waals surface area contributed by atoms with Crippen LogP contribution in [-0.2, 0) is 0 Å². The summed E-state index contributed by atoms with van der Waals surface area (Å²) in [5.41, 5.74) is 4.74. The molecule has 1 unspecified atom stereocenters. The van der Waals surface area contributed by atoms with Crippen molar-refractivity contribution in [3.8, 4) is 11.4 Å². The van der Waals surface area contributed by atoms with E-state index < -0.39 is 0 Å². The molecule has 4 rings (SSSR count). The first-order valence-corrected chi connectivity index (χ1v) is 9.39. The van der Waals surface area contributed by atoms with Gasteiger partial charge in [0, 0.05) is 16.8 Å². The van der Waals surface area contributed by atoms with E-state index in [1.165, 1.54) is 18.5 Å². The monoisotopic (exact) mass is 405 g/mol. The van der Waals surface area contributed by atoms with Crippen molar-refractivity contribution < 1.29 is 9.18 Å². The van der Waals surface area contributed by atoms with Crippen LogP contribution in [0.3, 0.4) is 0 Å². The van der Waals surface area contributed by atoms with E-state index in [0.29, 0.717) is 5.56 Å². The number of benzene rings is 2. The van der Waals surface area contributed by atoms with Crippen LogP contribution in [-0.4, -0.2) is 35.9 Å². The molecule has 0 aliphatic heterocycles. The molecule has 0 fully saturated rings. The van der Waals surface area contributed by atoms with E-state index in [0.717, 1.165) is 28.2 Å². The van der Waals surface area contributed by atoms with E-state index in [-0.39, 0.29) is 17.8 Å². The first-order valence-electron chi connectivity index (χ1n) is 9.39. The Bertz CT molecular complexity index is 1180. The van der Waals surface area contributed by atoms with Gasteiger partial charge in [0.1, 0.15) is 12.1 Å². The Morgan fingerprint density at radius 3 is 2.57 bits per heavy atom. The summed E-state index contributed by atoms with van der Waals surface area (Å²) >= 11 is 0. The smallest absolute Gasteiger partial charge is 0.251 e. The second kappa shape index (κ2) is 7.86. The molecule has 2 heterocycles. The summed E-state index contributed by atoms with van der Waals surface area (Å²) in [6, 6.07) is 11.2. The molecule has 0 radical (unpaired) electrons. The van der Waals surface area contributed by atoms with Gasteiger partial charge in [-0.3, -0.25) is 4.79 Å². The molecular weight excluding hydrogens is 385 g/mol. The Morgan fingerprint density at radius 2 is 1.90 bits per heavy atom. The van der Waals surface area contributed by atoms with E-state index in [2.05, 4.69) is 25.9 Å². The lowest BCUT2D eigenvalue weighted by Gasteiger charge is -2.15. The van der Waals surface area contributed by atoms with Gasteiger partial charge in [-0.05, 0) is 79.2 Å². The average molecular weight is 405 g/mol. The zero-order valence-electron chi connectivity index (χ0n) is 16.7.